The number of carbonyl (C=O) groups excluding carboxylic acids is 1. The molecule has 1 rings (SSSR count). The van der Waals surface area contributed by atoms with Gasteiger partial charge in [0.2, 0.25) is 5.91 Å². The summed E-state index contributed by atoms with van der Waals surface area (Å²) in [5, 5.41) is 0.697. The Morgan fingerprint density at radius 3 is 2.40 bits per heavy atom. The zero-order chi connectivity index (χ0) is 11.5. The number of benzene rings is 1. The Morgan fingerprint density at radius 1 is 1.40 bits per heavy atom. The van der Waals surface area contributed by atoms with Crippen LogP contribution in [0.15, 0.2) is 24.3 Å². The van der Waals surface area contributed by atoms with E-state index in [-0.39, 0.29) is 0 Å². The molecule has 2 nitrogen and oxygen atoms in total. The van der Waals surface area contributed by atoms with Crippen LogP contribution in [0.3, 0.4) is 0 Å². The van der Waals surface area contributed by atoms with Gasteiger partial charge in [0.15, 0.2) is 0 Å². The first-order valence-corrected chi connectivity index (χ1v) is 5.41. The Bertz CT molecular complexity index is 346. The average molecular weight is 246 g/mol. The van der Waals surface area contributed by atoms with Crippen molar-refractivity contribution in [2.45, 2.75) is 24.6 Å². The fraction of sp³-hybridized carbons (Fsp3) is 0.364. The van der Waals surface area contributed by atoms with Crippen molar-refractivity contribution in [3.8, 4) is 0 Å². The molecule has 0 radical (unpaired) electrons. The van der Waals surface area contributed by atoms with Crippen LogP contribution < -0.4 is 5.73 Å². The fourth-order valence-corrected chi connectivity index (χ4v) is 1.37. The molecule has 0 saturated carbocycles. The first-order valence-electron chi connectivity index (χ1n) is 4.65. The summed E-state index contributed by atoms with van der Waals surface area (Å²) in [5.41, 5.74) is 6.26. The molecule has 1 amide bonds. The zero-order valence-electron chi connectivity index (χ0n) is 8.47. The second-order valence-corrected chi connectivity index (χ2v) is 4.96. The number of amides is 1. The van der Waals surface area contributed by atoms with Crippen molar-refractivity contribution in [3.63, 3.8) is 0 Å². The minimum atomic E-state index is -0.973. The highest BCUT2D eigenvalue weighted by Gasteiger charge is 2.27. The third-order valence-electron chi connectivity index (χ3n) is 2.31. The van der Waals surface area contributed by atoms with E-state index in [4.69, 9.17) is 28.9 Å². The molecule has 82 valence electrons. The molecule has 4 heteroatoms. The lowest BCUT2D eigenvalue weighted by atomic mass is 10.00. The van der Waals surface area contributed by atoms with Gasteiger partial charge in [-0.05, 0) is 37.5 Å². The molecule has 2 N–H and O–H groups in total. The average Bonchev–Trinajstić information content (AvgIpc) is 2.17. The van der Waals surface area contributed by atoms with E-state index in [1.165, 1.54) is 0 Å². The first kappa shape index (κ1) is 12.3. The lowest BCUT2D eigenvalue weighted by Crippen LogP contribution is -2.36. The van der Waals surface area contributed by atoms with E-state index in [0.717, 1.165) is 5.56 Å². The summed E-state index contributed by atoms with van der Waals surface area (Å²) >= 11 is 11.7. The summed E-state index contributed by atoms with van der Waals surface area (Å²) in [4.78, 5) is 9.99. The van der Waals surface area contributed by atoms with Gasteiger partial charge in [0.25, 0.3) is 0 Å². The van der Waals surface area contributed by atoms with E-state index in [1.807, 2.05) is 24.3 Å². The molecule has 0 heterocycles. The zero-order valence-corrected chi connectivity index (χ0v) is 9.98. The predicted octanol–water partition coefficient (Wildman–Crippen LogP) is 2.76. The maximum absolute atomic E-state index is 11.0. The van der Waals surface area contributed by atoms with Gasteiger partial charge in [-0.3, -0.25) is 4.79 Å². The molecule has 1 aromatic carbocycles. The maximum Gasteiger partial charge on any atom is 0.238 e. The molecule has 0 aliphatic carbocycles. The molecule has 0 aliphatic heterocycles. The summed E-state index contributed by atoms with van der Waals surface area (Å²) in [7, 11) is 0. The van der Waals surface area contributed by atoms with Gasteiger partial charge in [-0.15, -0.1) is 11.6 Å². The van der Waals surface area contributed by atoms with E-state index in [9.17, 15) is 4.79 Å². The van der Waals surface area contributed by atoms with Crippen molar-refractivity contribution in [2.75, 3.05) is 0 Å². The van der Waals surface area contributed by atoms with Gasteiger partial charge in [-0.1, -0.05) is 23.7 Å². The maximum atomic E-state index is 11.0. The molecule has 0 bridgehead atoms. The predicted molar refractivity (Wildman–Crippen MR) is 63.2 cm³/mol. The Hall–Kier alpha value is -0.730. The van der Waals surface area contributed by atoms with Crippen LogP contribution in [0.1, 0.15) is 18.9 Å². The molecule has 1 unspecified atom stereocenters. The smallest absolute Gasteiger partial charge is 0.238 e. The van der Waals surface area contributed by atoms with E-state index < -0.39 is 10.8 Å². The van der Waals surface area contributed by atoms with Gasteiger partial charge in [0.1, 0.15) is 4.87 Å². The number of alkyl halides is 1. The SMILES string of the molecule is CC(Cl)(CCc1ccc(Cl)cc1)C(N)=O. The molecule has 1 atom stereocenters. The van der Waals surface area contributed by atoms with Gasteiger partial charge in [0, 0.05) is 5.02 Å². The number of aryl methyl sites for hydroxylation is 1. The van der Waals surface area contributed by atoms with Crippen LogP contribution in [0.2, 0.25) is 5.02 Å². The molecule has 0 aromatic heterocycles. The Morgan fingerprint density at radius 2 is 1.93 bits per heavy atom. The number of hydrogen-bond acceptors (Lipinski definition) is 1. The second-order valence-electron chi connectivity index (χ2n) is 3.69. The first-order chi connectivity index (χ1) is 6.92. The van der Waals surface area contributed by atoms with Crippen LogP contribution in [0.4, 0.5) is 0 Å². The molecule has 0 fully saturated rings. The normalized spacial score (nSPS) is 14.6. The highest BCUT2D eigenvalue weighted by Crippen LogP contribution is 2.21. The minimum Gasteiger partial charge on any atom is -0.368 e. The van der Waals surface area contributed by atoms with Gasteiger partial charge >= 0.3 is 0 Å². The summed E-state index contributed by atoms with van der Waals surface area (Å²) in [6, 6.07) is 7.45. The molecule has 15 heavy (non-hydrogen) atoms. The molecular formula is C11H13Cl2NO. The number of hydrogen-bond donors (Lipinski definition) is 1. The number of rotatable bonds is 4. The quantitative estimate of drug-likeness (QED) is 0.815. The lowest BCUT2D eigenvalue weighted by molar-refractivity contribution is -0.120. The van der Waals surface area contributed by atoms with Crippen LogP contribution in [0.25, 0.3) is 0 Å². The number of halogens is 2. The van der Waals surface area contributed by atoms with Crippen molar-refractivity contribution in [1.29, 1.82) is 0 Å². The van der Waals surface area contributed by atoms with Gasteiger partial charge in [-0.2, -0.15) is 0 Å². The standard InChI is InChI=1S/C11H13Cl2NO/c1-11(13,10(14)15)7-6-8-2-4-9(12)5-3-8/h2-5H,6-7H2,1H3,(H2,14,15). The number of carbonyl (C=O) groups is 1. The summed E-state index contributed by atoms with van der Waals surface area (Å²) in [6.45, 7) is 1.63. The Labute approximate surface area is 99.4 Å². The third kappa shape index (κ3) is 3.73. The summed E-state index contributed by atoms with van der Waals surface area (Å²) in [6.07, 6.45) is 1.23. The molecule has 1 aromatic rings. The fourth-order valence-electron chi connectivity index (χ4n) is 1.15. The third-order valence-corrected chi connectivity index (χ3v) is 2.94. The molecule has 0 aliphatic rings. The topological polar surface area (TPSA) is 43.1 Å². The van der Waals surface area contributed by atoms with Crippen molar-refractivity contribution >= 4 is 29.1 Å². The number of nitrogens with two attached hydrogens (primary N) is 1. The molecular weight excluding hydrogens is 233 g/mol. The Kier molecular flexibility index (Phi) is 4.00. The van der Waals surface area contributed by atoms with Gasteiger partial charge in [0.05, 0.1) is 0 Å². The van der Waals surface area contributed by atoms with Crippen molar-refractivity contribution in [1.82, 2.24) is 0 Å². The van der Waals surface area contributed by atoms with Gasteiger partial charge in [-0.25, -0.2) is 0 Å². The van der Waals surface area contributed by atoms with Crippen molar-refractivity contribution < 1.29 is 4.79 Å². The van der Waals surface area contributed by atoms with Crippen LogP contribution in [0.5, 0.6) is 0 Å². The van der Waals surface area contributed by atoms with E-state index >= 15 is 0 Å². The highest BCUT2D eigenvalue weighted by atomic mass is 35.5. The van der Waals surface area contributed by atoms with Crippen LogP contribution in [0, 0.1) is 0 Å². The van der Waals surface area contributed by atoms with E-state index in [1.54, 1.807) is 6.92 Å². The Balaban J connectivity index is 2.57. The van der Waals surface area contributed by atoms with Crippen LogP contribution >= 0.6 is 23.2 Å². The molecule has 0 spiro atoms. The van der Waals surface area contributed by atoms with E-state index in [0.29, 0.717) is 17.9 Å². The minimum absolute atomic E-state index is 0.488. The van der Waals surface area contributed by atoms with Crippen LogP contribution in [-0.4, -0.2) is 10.8 Å². The monoisotopic (exact) mass is 245 g/mol. The highest BCUT2D eigenvalue weighted by molar-refractivity contribution is 6.34. The van der Waals surface area contributed by atoms with Crippen molar-refractivity contribution in [3.05, 3.63) is 34.9 Å². The summed E-state index contributed by atoms with van der Waals surface area (Å²) in [5.74, 6) is -0.488. The summed E-state index contributed by atoms with van der Waals surface area (Å²) < 4.78 is 0. The molecule has 0 saturated heterocycles. The van der Waals surface area contributed by atoms with E-state index in [2.05, 4.69) is 0 Å². The largest absolute Gasteiger partial charge is 0.368 e. The number of primary amides is 1. The van der Waals surface area contributed by atoms with Gasteiger partial charge < -0.3 is 5.73 Å². The van der Waals surface area contributed by atoms with Crippen LogP contribution in [-0.2, 0) is 11.2 Å². The lowest BCUT2D eigenvalue weighted by Gasteiger charge is -2.17. The van der Waals surface area contributed by atoms with Crippen molar-refractivity contribution in [2.24, 2.45) is 5.73 Å². The second kappa shape index (κ2) is 4.86.